The topological polar surface area (TPSA) is 82.7 Å². The number of carbonyl (C=O) groups excluding carboxylic acids is 2. The zero-order chi connectivity index (χ0) is 18.2. The smallest absolute Gasteiger partial charge is 0.263 e. The van der Waals surface area contributed by atoms with Crippen LogP contribution in [0, 0.1) is 5.92 Å². The van der Waals surface area contributed by atoms with Crippen LogP contribution in [0.4, 0.5) is 0 Å². The maximum Gasteiger partial charge on any atom is 0.263 e. The average Bonchev–Trinajstić information content (AvgIpc) is 3.14. The molecule has 7 nitrogen and oxygen atoms in total. The van der Waals surface area contributed by atoms with Gasteiger partial charge in [-0.2, -0.15) is 0 Å². The summed E-state index contributed by atoms with van der Waals surface area (Å²) in [5, 5.41) is 5.25. The predicted molar refractivity (Wildman–Crippen MR) is 101 cm³/mol. The molecule has 2 amide bonds. The number of likely N-dealkylation sites (tertiary alicyclic amines) is 1. The van der Waals surface area contributed by atoms with E-state index in [9.17, 15) is 9.59 Å². The van der Waals surface area contributed by atoms with E-state index < -0.39 is 0 Å². The van der Waals surface area contributed by atoms with Crippen molar-refractivity contribution >= 4 is 40.5 Å². The standard InChI is InChI=1S/C16H24N4O3S2/c1-11(10-23-2)17-16(24)19-18-14(21)12-5-7-20(8-6-12)15(22)13-4-3-9-25-13/h3-4,9,11-12H,5-8,10H2,1-2H3,(H,18,21)(H2,17,19,24)/t11-/m1/s1. The predicted octanol–water partition coefficient (Wildman–Crippen LogP) is 1.13. The Hall–Kier alpha value is -1.71. The van der Waals surface area contributed by atoms with Gasteiger partial charge in [0.1, 0.15) is 0 Å². The van der Waals surface area contributed by atoms with Crippen molar-refractivity contribution in [2.75, 3.05) is 26.8 Å². The minimum atomic E-state index is -0.126. The summed E-state index contributed by atoms with van der Waals surface area (Å²) in [4.78, 5) is 27.1. The van der Waals surface area contributed by atoms with Crippen LogP contribution in [0.15, 0.2) is 17.5 Å². The van der Waals surface area contributed by atoms with E-state index in [1.165, 1.54) is 11.3 Å². The minimum Gasteiger partial charge on any atom is -0.383 e. The van der Waals surface area contributed by atoms with Gasteiger partial charge in [-0.25, -0.2) is 0 Å². The molecule has 3 N–H and O–H groups in total. The van der Waals surface area contributed by atoms with E-state index in [0.29, 0.717) is 37.7 Å². The zero-order valence-electron chi connectivity index (χ0n) is 14.4. The number of piperidine rings is 1. The fourth-order valence-electron chi connectivity index (χ4n) is 2.67. The number of thiocarbonyl (C=S) groups is 1. The molecule has 2 rings (SSSR count). The van der Waals surface area contributed by atoms with Crippen LogP contribution >= 0.6 is 23.6 Å². The molecule has 25 heavy (non-hydrogen) atoms. The summed E-state index contributed by atoms with van der Waals surface area (Å²) in [7, 11) is 1.62. The molecule has 1 aromatic rings. The molecular weight excluding hydrogens is 360 g/mol. The lowest BCUT2D eigenvalue weighted by Gasteiger charge is -2.31. The number of amides is 2. The van der Waals surface area contributed by atoms with E-state index in [2.05, 4.69) is 16.2 Å². The van der Waals surface area contributed by atoms with Crippen molar-refractivity contribution in [3.05, 3.63) is 22.4 Å². The van der Waals surface area contributed by atoms with Gasteiger partial charge in [0.05, 0.1) is 11.5 Å². The number of nitrogens with one attached hydrogen (secondary N) is 3. The summed E-state index contributed by atoms with van der Waals surface area (Å²) >= 11 is 6.56. The number of thiophene rings is 1. The Kier molecular flexibility index (Phi) is 7.60. The number of nitrogens with zero attached hydrogens (tertiary/aromatic N) is 1. The van der Waals surface area contributed by atoms with Gasteiger partial charge in [0.2, 0.25) is 5.91 Å². The van der Waals surface area contributed by atoms with Crippen LogP contribution < -0.4 is 16.2 Å². The SMILES string of the molecule is COC[C@@H](C)NC(=S)NNC(=O)C1CCN(C(=O)c2cccs2)CC1. The number of rotatable bonds is 5. The van der Waals surface area contributed by atoms with Crippen LogP contribution in [-0.2, 0) is 9.53 Å². The molecule has 138 valence electrons. The molecule has 0 spiro atoms. The number of carbonyl (C=O) groups is 2. The van der Waals surface area contributed by atoms with Crippen LogP contribution in [0.25, 0.3) is 0 Å². The second-order valence-electron chi connectivity index (χ2n) is 5.99. The maximum absolute atomic E-state index is 12.3. The zero-order valence-corrected chi connectivity index (χ0v) is 16.0. The molecule has 1 saturated heterocycles. The lowest BCUT2D eigenvalue weighted by Crippen LogP contribution is -2.52. The second kappa shape index (κ2) is 9.69. The summed E-state index contributed by atoms with van der Waals surface area (Å²) in [5.74, 6) is -0.185. The van der Waals surface area contributed by atoms with E-state index in [1.54, 1.807) is 7.11 Å². The maximum atomic E-state index is 12.3. The van der Waals surface area contributed by atoms with Crippen LogP contribution in [-0.4, -0.2) is 54.7 Å². The summed E-state index contributed by atoms with van der Waals surface area (Å²) < 4.78 is 5.01. The van der Waals surface area contributed by atoms with Crippen molar-refractivity contribution < 1.29 is 14.3 Å². The fraction of sp³-hybridized carbons (Fsp3) is 0.562. The first-order valence-corrected chi connectivity index (χ1v) is 9.48. The summed E-state index contributed by atoms with van der Waals surface area (Å²) in [6.07, 6.45) is 1.29. The van der Waals surface area contributed by atoms with Gasteiger partial charge in [0.15, 0.2) is 5.11 Å². The molecule has 9 heteroatoms. The Bertz CT molecular complexity index is 586. The van der Waals surface area contributed by atoms with Crippen LogP contribution in [0.1, 0.15) is 29.4 Å². The monoisotopic (exact) mass is 384 g/mol. The van der Waals surface area contributed by atoms with Gasteiger partial charge in [-0.3, -0.25) is 20.4 Å². The van der Waals surface area contributed by atoms with Crippen LogP contribution in [0.5, 0.6) is 0 Å². The molecule has 1 aliphatic rings. The number of methoxy groups -OCH3 is 1. The molecule has 2 heterocycles. The Labute approximate surface area is 157 Å². The normalized spacial score (nSPS) is 16.2. The van der Waals surface area contributed by atoms with Crippen molar-refractivity contribution in [3.63, 3.8) is 0 Å². The average molecular weight is 385 g/mol. The van der Waals surface area contributed by atoms with Crippen molar-refractivity contribution in [3.8, 4) is 0 Å². The molecule has 0 saturated carbocycles. The minimum absolute atomic E-state index is 0.0458. The van der Waals surface area contributed by atoms with E-state index in [-0.39, 0.29) is 23.8 Å². The summed E-state index contributed by atoms with van der Waals surface area (Å²) in [6, 6.07) is 3.75. The number of hydrogen-bond acceptors (Lipinski definition) is 5. The molecule has 0 bridgehead atoms. The first-order valence-electron chi connectivity index (χ1n) is 8.19. The molecule has 1 atom stereocenters. The molecule has 0 unspecified atom stereocenters. The highest BCUT2D eigenvalue weighted by Gasteiger charge is 2.28. The van der Waals surface area contributed by atoms with Crippen molar-refractivity contribution in [1.82, 2.24) is 21.1 Å². The highest BCUT2D eigenvalue weighted by atomic mass is 32.1. The van der Waals surface area contributed by atoms with E-state index in [4.69, 9.17) is 17.0 Å². The Morgan fingerprint density at radius 3 is 2.72 bits per heavy atom. The van der Waals surface area contributed by atoms with Crippen LogP contribution in [0.2, 0.25) is 0 Å². The lowest BCUT2D eigenvalue weighted by atomic mass is 9.96. The fourth-order valence-corrected chi connectivity index (χ4v) is 3.62. The summed E-state index contributed by atoms with van der Waals surface area (Å²) in [5.41, 5.74) is 5.35. The van der Waals surface area contributed by atoms with Crippen molar-refractivity contribution in [2.24, 2.45) is 5.92 Å². The third kappa shape index (κ3) is 5.94. The molecule has 0 radical (unpaired) electrons. The van der Waals surface area contributed by atoms with Crippen molar-refractivity contribution in [2.45, 2.75) is 25.8 Å². The quantitative estimate of drug-likeness (QED) is 0.522. The van der Waals surface area contributed by atoms with Gasteiger partial charge in [0.25, 0.3) is 5.91 Å². The van der Waals surface area contributed by atoms with Gasteiger partial charge in [-0.1, -0.05) is 6.07 Å². The number of ether oxygens (including phenoxy) is 1. The Balaban J connectivity index is 1.70. The van der Waals surface area contributed by atoms with Gasteiger partial charge >= 0.3 is 0 Å². The number of hydrazine groups is 1. The first-order chi connectivity index (χ1) is 12.0. The van der Waals surface area contributed by atoms with Gasteiger partial charge in [-0.15, -0.1) is 11.3 Å². The second-order valence-corrected chi connectivity index (χ2v) is 7.34. The summed E-state index contributed by atoms with van der Waals surface area (Å²) in [6.45, 7) is 3.62. The molecule has 0 aliphatic carbocycles. The highest BCUT2D eigenvalue weighted by molar-refractivity contribution is 7.80. The van der Waals surface area contributed by atoms with E-state index in [0.717, 1.165) is 4.88 Å². The third-order valence-electron chi connectivity index (χ3n) is 3.98. The van der Waals surface area contributed by atoms with Crippen LogP contribution in [0.3, 0.4) is 0 Å². The molecule has 1 fully saturated rings. The van der Waals surface area contributed by atoms with Gasteiger partial charge in [0, 0.05) is 32.2 Å². The Morgan fingerprint density at radius 2 is 2.12 bits per heavy atom. The highest BCUT2D eigenvalue weighted by Crippen LogP contribution is 2.20. The van der Waals surface area contributed by atoms with Gasteiger partial charge < -0.3 is 15.0 Å². The molecule has 0 aromatic carbocycles. The van der Waals surface area contributed by atoms with Gasteiger partial charge in [-0.05, 0) is 43.4 Å². The van der Waals surface area contributed by atoms with E-state index >= 15 is 0 Å². The number of hydrogen-bond donors (Lipinski definition) is 3. The first kappa shape index (κ1) is 19.6. The molecular formula is C16H24N4O3S2. The van der Waals surface area contributed by atoms with Crippen molar-refractivity contribution in [1.29, 1.82) is 0 Å². The lowest BCUT2D eigenvalue weighted by molar-refractivity contribution is -0.126. The molecule has 1 aromatic heterocycles. The van der Waals surface area contributed by atoms with E-state index in [1.807, 2.05) is 29.3 Å². The Morgan fingerprint density at radius 1 is 1.40 bits per heavy atom. The third-order valence-corrected chi connectivity index (χ3v) is 5.06. The largest absolute Gasteiger partial charge is 0.383 e. The molecule has 1 aliphatic heterocycles.